The van der Waals surface area contributed by atoms with Gasteiger partial charge >= 0.3 is 0 Å². The van der Waals surface area contributed by atoms with Crippen molar-refractivity contribution in [2.45, 2.75) is 32.2 Å². The van der Waals surface area contributed by atoms with Crippen molar-refractivity contribution >= 4 is 21.6 Å². The van der Waals surface area contributed by atoms with Crippen molar-refractivity contribution in [2.75, 3.05) is 30.4 Å². The number of aromatic nitrogens is 2. The highest BCUT2D eigenvalue weighted by Crippen LogP contribution is 2.18. The molecular weight excluding hydrogens is 304 g/mol. The van der Waals surface area contributed by atoms with Crippen LogP contribution in [-0.4, -0.2) is 60.6 Å². The Morgan fingerprint density at radius 1 is 1.41 bits per heavy atom. The van der Waals surface area contributed by atoms with Crippen molar-refractivity contribution in [1.82, 2.24) is 15.1 Å². The molecule has 0 radical (unpaired) electrons. The second-order valence-corrected chi connectivity index (χ2v) is 7.79. The second kappa shape index (κ2) is 7.04. The van der Waals surface area contributed by atoms with Crippen molar-refractivity contribution in [3.05, 3.63) is 17.8 Å². The van der Waals surface area contributed by atoms with E-state index in [0.29, 0.717) is 12.2 Å². The summed E-state index contributed by atoms with van der Waals surface area (Å²) in [6.07, 6.45) is 2.61. The third-order valence-electron chi connectivity index (χ3n) is 3.80. The topological polar surface area (TPSA) is 92.3 Å². The Morgan fingerprint density at radius 3 is 2.73 bits per heavy atom. The van der Waals surface area contributed by atoms with Gasteiger partial charge in [0.1, 0.15) is 5.82 Å². The smallest absolute Gasteiger partial charge is 0.274 e. The Balaban J connectivity index is 1.97. The molecule has 1 saturated heterocycles. The minimum Gasteiger partial charge on any atom is -0.369 e. The van der Waals surface area contributed by atoms with E-state index in [-0.39, 0.29) is 29.1 Å². The molecule has 7 nitrogen and oxygen atoms in total. The summed E-state index contributed by atoms with van der Waals surface area (Å²) in [6, 6.07) is 3.06. The zero-order valence-electron chi connectivity index (χ0n) is 12.9. The van der Waals surface area contributed by atoms with Gasteiger partial charge in [0.15, 0.2) is 15.5 Å². The molecule has 0 aliphatic carbocycles. The summed E-state index contributed by atoms with van der Waals surface area (Å²) in [5, 5.41) is 11.0. The maximum Gasteiger partial charge on any atom is 0.274 e. The molecule has 1 N–H and O–H groups in total. The van der Waals surface area contributed by atoms with Crippen molar-refractivity contribution in [3.8, 4) is 0 Å². The van der Waals surface area contributed by atoms with Gasteiger partial charge in [0.2, 0.25) is 0 Å². The molecule has 0 aromatic carbocycles. The molecule has 122 valence electrons. The fourth-order valence-electron chi connectivity index (χ4n) is 2.36. The SMILES string of the molecule is CCCCNc1ccc(C(=O)N(C)C2CCS(=O)(=O)C2)nn1. The number of anilines is 1. The zero-order valence-corrected chi connectivity index (χ0v) is 13.8. The van der Waals surface area contributed by atoms with E-state index in [1.54, 1.807) is 19.2 Å². The number of nitrogens with zero attached hydrogens (tertiary/aromatic N) is 3. The highest BCUT2D eigenvalue weighted by Gasteiger charge is 2.33. The van der Waals surface area contributed by atoms with Gasteiger partial charge < -0.3 is 10.2 Å². The third-order valence-corrected chi connectivity index (χ3v) is 5.55. The number of amides is 1. The Bertz CT molecular complexity index is 615. The second-order valence-electron chi connectivity index (χ2n) is 5.56. The summed E-state index contributed by atoms with van der Waals surface area (Å²) < 4.78 is 23.0. The molecule has 2 rings (SSSR count). The van der Waals surface area contributed by atoms with Gasteiger partial charge in [-0.05, 0) is 25.0 Å². The average molecular weight is 326 g/mol. The van der Waals surface area contributed by atoms with Gasteiger partial charge in [-0.15, -0.1) is 10.2 Å². The standard InChI is InChI=1S/C14H22N4O3S/c1-3-4-8-15-13-6-5-12(16-17-13)14(19)18(2)11-7-9-22(20,21)10-11/h5-6,11H,3-4,7-10H2,1-2H3,(H,15,17). The molecule has 2 heterocycles. The molecule has 1 aliphatic rings. The van der Waals surface area contributed by atoms with Gasteiger partial charge in [-0.1, -0.05) is 13.3 Å². The fraction of sp³-hybridized carbons (Fsp3) is 0.643. The lowest BCUT2D eigenvalue weighted by molar-refractivity contribution is 0.0740. The van der Waals surface area contributed by atoms with Gasteiger partial charge in [0, 0.05) is 19.6 Å². The fourth-order valence-corrected chi connectivity index (χ4v) is 4.14. The first-order chi connectivity index (χ1) is 10.4. The van der Waals surface area contributed by atoms with Gasteiger partial charge in [-0.25, -0.2) is 8.42 Å². The van der Waals surface area contributed by atoms with Gasteiger partial charge in [0.05, 0.1) is 11.5 Å². The van der Waals surface area contributed by atoms with E-state index in [1.165, 1.54) is 4.90 Å². The van der Waals surface area contributed by atoms with E-state index in [0.717, 1.165) is 19.4 Å². The number of sulfone groups is 1. The number of hydrogen-bond donors (Lipinski definition) is 1. The molecule has 8 heteroatoms. The summed E-state index contributed by atoms with van der Waals surface area (Å²) >= 11 is 0. The van der Waals surface area contributed by atoms with Crippen LogP contribution in [0.2, 0.25) is 0 Å². The molecule has 1 aromatic rings. The number of carbonyl (C=O) groups is 1. The first kappa shape index (κ1) is 16.7. The van der Waals surface area contributed by atoms with Gasteiger partial charge in [0.25, 0.3) is 5.91 Å². The monoisotopic (exact) mass is 326 g/mol. The largest absolute Gasteiger partial charge is 0.369 e. The quantitative estimate of drug-likeness (QED) is 0.782. The summed E-state index contributed by atoms with van der Waals surface area (Å²) in [5.74, 6) is 0.506. The van der Waals surface area contributed by atoms with Crippen LogP contribution in [0.25, 0.3) is 0 Å². The lowest BCUT2D eigenvalue weighted by Crippen LogP contribution is -2.38. The van der Waals surface area contributed by atoms with Crippen molar-refractivity contribution in [2.24, 2.45) is 0 Å². The molecule has 0 spiro atoms. The minimum atomic E-state index is -3.02. The van der Waals surface area contributed by atoms with E-state index in [1.807, 2.05) is 0 Å². The predicted molar refractivity (Wildman–Crippen MR) is 84.6 cm³/mol. The maximum absolute atomic E-state index is 12.3. The number of hydrogen-bond acceptors (Lipinski definition) is 6. The molecule has 1 amide bonds. The van der Waals surface area contributed by atoms with E-state index >= 15 is 0 Å². The van der Waals surface area contributed by atoms with Crippen LogP contribution in [0.1, 0.15) is 36.7 Å². The third kappa shape index (κ3) is 4.16. The van der Waals surface area contributed by atoms with E-state index in [9.17, 15) is 13.2 Å². The van der Waals surface area contributed by atoms with Crippen LogP contribution in [0.3, 0.4) is 0 Å². The normalized spacial score (nSPS) is 19.8. The molecule has 1 aromatic heterocycles. The Kier molecular flexibility index (Phi) is 5.33. The van der Waals surface area contributed by atoms with E-state index in [2.05, 4.69) is 22.4 Å². The van der Waals surface area contributed by atoms with Crippen molar-refractivity contribution in [1.29, 1.82) is 0 Å². The number of nitrogens with one attached hydrogen (secondary N) is 1. The van der Waals surface area contributed by atoms with Crippen LogP contribution in [0.5, 0.6) is 0 Å². The highest BCUT2D eigenvalue weighted by molar-refractivity contribution is 7.91. The van der Waals surface area contributed by atoms with Crippen molar-refractivity contribution in [3.63, 3.8) is 0 Å². The number of carbonyl (C=O) groups excluding carboxylic acids is 1. The minimum absolute atomic E-state index is 0.0271. The predicted octanol–water partition coefficient (Wildman–Crippen LogP) is 0.948. The van der Waals surface area contributed by atoms with Crippen LogP contribution < -0.4 is 5.32 Å². The number of unbranched alkanes of at least 4 members (excludes halogenated alkanes) is 1. The Morgan fingerprint density at radius 2 is 2.18 bits per heavy atom. The molecule has 1 atom stereocenters. The Hall–Kier alpha value is -1.70. The summed E-state index contributed by atoms with van der Waals surface area (Å²) in [7, 11) is -1.40. The molecule has 22 heavy (non-hydrogen) atoms. The van der Waals surface area contributed by atoms with Crippen LogP contribution in [0, 0.1) is 0 Å². The Labute approximate surface area is 131 Å². The molecule has 0 bridgehead atoms. The molecule has 1 aliphatic heterocycles. The first-order valence-electron chi connectivity index (χ1n) is 7.48. The van der Waals surface area contributed by atoms with Crippen LogP contribution in [0.15, 0.2) is 12.1 Å². The van der Waals surface area contributed by atoms with Crippen LogP contribution in [0.4, 0.5) is 5.82 Å². The molecule has 0 saturated carbocycles. The summed E-state index contributed by atoms with van der Waals surface area (Å²) in [6.45, 7) is 2.92. The van der Waals surface area contributed by atoms with E-state index < -0.39 is 9.84 Å². The van der Waals surface area contributed by atoms with Crippen molar-refractivity contribution < 1.29 is 13.2 Å². The lowest BCUT2D eigenvalue weighted by atomic mass is 10.2. The molecule has 1 fully saturated rings. The maximum atomic E-state index is 12.3. The highest BCUT2D eigenvalue weighted by atomic mass is 32.2. The van der Waals surface area contributed by atoms with E-state index in [4.69, 9.17) is 0 Å². The molecule has 1 unspecified atom stereocenters. The number of rotatable bonds is 6. The van der Waals surface area contributed by atoms with Gasteiger partial charge in [-0.3, -0.25) is 4.79 Å². The van der Waals surface area contributed by atoms with Gasteiger partial charge in [-0.2, -0.15) is 0 Å². The van der Waals surface area contributed by atoms with Crippen LogP contribution in [-0.2, 0) is 9.84 Å². The van der Waals surface area contributed by atoms with Crippen LogP contribution >= 0.6 is 0 Å². The molecular formula is C14H22N4O3S. The lowest BCUT2D eigenvalue weighted by Gasteiger charge is -2.22. The first-order valence-corrected chi connectivity index (χ1v) is 9.30. The average Bonchev–Trinajstić information content (AvgIpc) is 2.87. The zero-order chi connectivity index (χ0) is 16.2. The summed E-state index contributed by atoms with van der Waals surface area (Å²) in [5.41, 5.74) is 0.229. The summed E-state index contributed by atoms with van der Waals surface area (Å²) in [4.78, 5) is 13.8.